The van der Waals surface area contributed by atoms with Crippen LogP contribution in [0.3, 0.4) is 0 Å². The summed E-state index contributed by atoms with van der Waals surface area (Å²) in [6.45, 7) is 8.41. The molecule has 0 aromatic heterocycles. The zero-order chi connectivity index (χ0) is 26.9. The number of rotatable bonds is 10. The number of hydrogen-bond donors (Lipinski definition) is 3. The number of aromatic carboxylic acids is 1. The van der Waals surface area contributed by atoms with Crippen LogP contribution in [0.4, 0.5) is 16.2 Å². The van der Waals surface area contributed by atoms with Crippen LogP contribution in [-0.2, 0) is 14.3 Å². The first kappa shape index (κ1) is 28.0. The van der Waals surface area contributed by atoms with E-state index in [2.05, 4.69) is 31.4 Å². The summed E-state index contributed by atoms with van der Waals surface area (Å²) in [5, 5.41) is 14.5. The third kappa shape index (κ3) is 7.95. The molecule has 0 spiro atoms. The Kier molecular flexibility index (Phi) is 9.91. The molecule has 0 saturated heterocycles. The Balaban J connectivity index is 1.73. The Morgan fingerprint density at radius 3 is 2.35 bits per heavy atom. The van der Waals surface area contributed by atoms with Crippen LogP contribution in [0, 0.1) is 17.8 Å². The van der Waals surface area contributed by atoms with Crippen molar-refractivity contribution < 1.29 is 33.7 Å². The third-order valence-electron chi connectivity index (χ3n) is 6.55. The summed E-state index contributed by atoms with van der Waals surface area (Å²) in [6.07, 6.45) is 2.55. The van der Waals surface area contributed by atoms with Crippen LogP contribution in [0.2, 0.25) is 0 Å². The third-order valence-corrected chi connectivity index (χ3v) is 6.55. The topological polar surface area (TPSA) is 123 Å². The van der Waals surface area contributed by atoms with Crippen molar-refractivity contribution in [3.63, 3.8) is 0 Å². The van der Waals surface area contributed by atoms with Gasteiger partial charge in [0.2, 0.25) is 5.91 Å². The van der Waals surface area contributed by atoms with Crippen molar-refractivity contribution >= 4 is 29.3 Å². The van der Waals surface area contributed by atoms with Crippen molar-refractivity contribution in [2.45, 2.75) is 53.1 Å². The molecule has 3 atom stereocenters. The normalized spacial score (nSPS) is 19.2. The second-order valence-corrected chi connectivity index (χ2v) is 9.61. The van der Waals surface area contributed by atoms with Crippen LogP contribution < -0.4 is 15.4 Å². The van der Waals surface area contributed by atoms with Crippen molar-refractivity contribution in [3.8, 4) is 11.5 Å². The van der Waals surface area contributed by atoms with E-state index in [-0.39, 0.29) is 30.8 Å². The van der Waals surface area contributed by atoms with Crippen molar-refractivity contribution in [1.82, 2.24) is 0 Å². The maximum absolute atomic E-state index is 12.9. The highest BCUT2D eigenvalue weighted by atomic mass is 16.5. The average molecular weight is 513 g/mol. The lowest BCUT2D eigenvalue weighted by molar-refractivity contribution is -0.126. The standard InChI is InChI=1S/C28H36N2O7/c1-5-35-28(34)30-22-14-13-21(37-20-11-9-19(10-12-20)27(32)33)15-23(22)29-25(31)16-36-24-8-6-7-18(4)26(24)17(2)3/h9-15,17-18,24,26H,5-8,16H2,1-4H3,(H,29,31)(H,30,34)(H,32,33). The molecule has 2 aromatic carbocycles. The number of carboxylic acids is 1. The SMILES string of the molecule is CCOC(=O)Nc1ccc(Oc2ccc(C(=O)O)cc2)cc1NC(=O)COC1CCCC(C)C1C(C)C. The zero-order valence-corrected chi connectivity index (χ0v) is 21.8. The molecule has 2 aromatic rings. The predicted octanol–water partition coefficient (Wildman–Crippen LogP) is 6.16. The molecule has 1 aliphatic carbocycles. The van der Waals surface area contributed by atoms with E-state index in [1.807, 2.05) is 0 Å². The van der Waals surface area contributed by atoms with Crippen molar-refractivity contribution in [2.24, 2.45) is 17.8 Å². The number of ether oxygens (including phenoxy) is 3. The number of carboxylic acid groups (broad SMARTS) is 1. The molecule has 0 aliphatic heterocycles. The number of anilines is 2. The van der Waals surface area contributed by atoms with E-state index in [1.165, 1.54) is 30.7 Å². The van der Waals surface area contributed by atoms with Gasteiger partial charge in [0.15, 0.2) is 0 Å². The minimum atomic E-state index is -1.03. The van der Waals surface area contributed by atoms with Crippen LogP contribution in [0.15, 0.2) is 42.5 Å². The lowest BCUT2D eigenvalue weighted by Crippen LogP contribution is -2.38. The van der Waals surface area contributed by atoms with Crippen LogP contribution in [0.5, 0.6) is 11.5 Å². The molecule has 0 radical (unpaired) electrons. The minimum Gasteiger partial charge on any atom is -0.478 e. The van der Waals surface area contributed by atoms with E-state index < -0.39 is 12.1 Å². The molecule has 37 heavy (non-hydrogen) atoms. The smallest absolute Gasteiger partial charge is 0.411 e. The fraction of sp³-hybridized carbons (Fsp3) is 0.464. The lowest BCUT2D eigenvalue weighted by atomic mass is 9.72. The van der Waals surface area contributed by atoms with Crippen LogP contribution in [0.1, 0.15) is 57.3 Å². The second kappa shape index (κ2) is 13.1. The fourth-order valence-electron chi connectivity index (χ4n) is 4.92. The zero-order valence-electron chi connectivity index (χ0n) is 21.8. The Labute approximate surface area is 217 Å². The Hall–Kier alpha value is -3.59. The highest BCUT2D eigenvalue weighted by molar-refractivity contribution is 5.98. The minimum absolute atomic E-state index is 0.0232. The molecular formula is C28H36N2O7. The van der Waals surface area contributed by atoms with Gasteiger partial charge in [-0.1, -0.05) is 33.6 Å². The maximum Gasteiger partial charge on any atom is 0.411 e. The van der Waals surface area contributed by atoms with Gasteiger partial charge in [-0.25, -0.2) is 9.59 Å². The first-order chi connectivity index (χ1) is 17.7. The molecule has 3 N–H and O–H groups in total. The molecule has 0 heterocycles. The molecule has 2 amide bonds. The molecule has 1 fully saturated rings. The van der Waals surface area contributed by atoms with E-state index >= 15 is 0 Å². The van der Waals surface area contributed by atoms with Gasteiger partial charge in [-0.05, 0) is 67.5 Å². The molecule has 3 rings (SSSR count). The second-order valence-electron chi connectivity index (χ2n) is 9.61. The monoisotopic (exact) mass is 512 g/mol. The van der Waals surface area contributed by atoms with E-state index in [9.17, 15) is 14.4 Å². The molecule has 0 bridgehead atoms. The van der Waals surface area contributed by atoms with Gasteiger partial charge in [0.1, 0.15) is 18.1 Å². The van der Waals surface area contributed by atoms with Gasteiger partial charge in [-0.15, -0.1) is 0 Å². The van der Waals surface area contributed by atoms with E-state index in [0.29, 0.717) is 40.6 Å². The van der Waals surface area contributed by atoms with Crippen LogP contribution in [0.25, 0.3) is 0 Å². The van der Waals surface area contributed by atoms with Crippen LogP contribution in [-0.4, -0.2) is 42.4 Å². The summed E-state index contributed by atoms with van der Waals surface area (Å²) >= 11 is 0. The Bertz CT molecular complexity index is 1080. The summed E-state index contributed by atoms with van der Waals surface area (Å²) in [6, 6.07) is 10.7. The van der Waals surface area contributed by atoms with Crippen molar-refractivity contribution in [3.05, 3.63) is 48.0 Å². The quantitative estimate of drug-likeness (QED) is 0.348. The fourth-order valence-corrected chi connectivity index (χ4v) is 4.92. The number of hydrogen-bond acceptors (Lipinski definition) is 6. The number of nitrogens with one attached hydrogen (secondary N) is 2. The first-order valence-corrected chi connectivity index (χ1v) is 12.7. The maximum atomic E-state index is 12.9. The van der Waals surface area contributed by atoms with Gasteiger partial charge in [0.25, 0.3) is 0 Å². The van der Waals surface area contributed by atoms with E-state index in [4.69, 9.17) is 19.3 Å². The predicted molar refractivity (Wildman–Crippen MR) is 140 cm³/mol. The highest BCUT2D eigenvalue weighted by Gasteiger charge is 2.33. The van der Waals surface area contributed by atoms with Gasteiger partial charge in [0.05, 0.1) is 29.6 Å². The summed E-state index contributed by atoms with van der Waals surface area (Å²) in [4.78, 5) is 36.0. The summed E-state index contributed by atoms with van der Waals surface area (Å²) in [5.74, 6) is 0.818. The molecule has 1 saturated carbocycles. The molecular weight excluding hydrogens is 476 g/mol. The molecule has 3 unspecified atom stereocenters. The number of carbonyl (C=O) groups excluding carboxylic acids is 2. The van der Waals surface area contributed by atoms with Crippen molar-refractivity contribution in [2.75, 3.05) is 23.8 Å². The Morgan fingerprint density at radius 2 is 1.70 bits per heavy atom. The Morgan fingerprint density at radius 1 is 1.00 bits per heavy atom. The lowest BCUT2D eigenvalue weighted by Gasteiger charge is -2.38. The number of amides is 2. The summed E-state index contributed by atoms with van der Waals surface area (Å²) in [5.41, 5.74) is 0.798. The van der Waals surface area contributed by atoms with Gasteiger partial charge in [0, 0.05) is 6.07 Å². The van der Waals surface area contributed by atoms with Gasteiger partial charge < -0.3 is 24.6 Å². The summed E-state index contributed by atoms with van der Waals surface area (Å²) < 4.78 is 16.9. The molecule has 1 aliphatic rings. The van der Waals surface area contributed by atoms with Crippen molar-refractivity contribution in [1.29, 1.82) is 0 Å². The number of benzene rings is 2. The number of carbonyl (C=O) groups is 3. The summed E-state index contributed by atoms with van der Waals surface area (Å²) in [7, 11) is 0. The van der Waals surface area contributed by atoms with Crippen LogP contribution >= 0.6 is 0 Å². The molecule has 9 nitrogen and oxygen atoms in total. The van der Waals surface area contributed by atoms with E-state index in [1.54, 1.807) is 25.1 Å². The van der Waals surface area contributed by atoms with Gasteiger partial charge in [-0.3, -0.25) is 10.1 Å². The first-order valence-electron chi connectivity index (χ1n) is 12.7. The average Bonchev–Trinajstić information content (AvgIpc) is 2.84. The molecule has 9 heteroatoms. The van der Waals surface area contributed by atoms with E-state index in [0.717, 1.165) is 12.8 Å². The van der Waals surface area contributed by atoms with Gasteiger partial charge >= 0.3 is 12.1 Å². The molecule has 200 valence electrons. The van der Waals surface area contributed by atoms with Gasteiger partial charge in [-0.2, -0.15) is 0 Å². The largest absolute Gasteiger partial charge is 0.478 e. The highest BCUT2D eigenvalue weighted by Crippen LogP contribution is 2.37.